The maximum atomic E-state index is 12.2. The van der Waals surface area contributed by atoms with Crippen LogP contribution in [0.5, 0.6) is 0 Å². The van der Waals surface area contributed by atoms with Gasteiger partial charge in [0.2, 0.25) is 11.8 Å². The van der Waals surface area contributed by atoms with Crippen LogP contribution in [0, 0.1) is 12.8 Å². The number of amides is 3. The summed E-state index contributed by atoms with van der Waals surface area (Å²) >= 11 is 0. The molecular weight excluding hydrogens is 298 g/mol. The summed E-state index contributed by atoms with van der Waals surface area (Å²) in [7, 11) is 0. The molecule has 1 fully saturated rings. The Morgan fingerprint density at radius 2 is 2.00 bits per heavy atom. The number of likely N-dealkylation sites (tertiary alicyclic amines) is 1. The molecule has 0 bridgehead atoms. The highest BCUT2D eigenvalue weighted by atomic mass is 16.2. The third-order valence-corrected chi connectivity index (χ3v) is 4.08. The van der Waals surface area contributed by atoms with Crippen molar-refractivity contribution in [2.24, 2.45) is 11.7 Å². The van der Waals surface area contributed by atoms with E-state index in [0.717, 1.165) is 5.69 Å². The number of nitrogens with two attached hydrogens (primary N) is 1. The van der Waals surface area contributed by atoms with E-state index < -0.39 is 0 Å². The van der Waals surface area contributed by atoms with E-state index >= 15 is 0 Å². The molecule has 0 radical (unpaired) electrons. The van der Waals surface area contributed by atoms with Crippen molar-refractivity contribution >= 4 is 17.7 Å². The van der Waals surface area contributed by atoms with Gasteiger partial charge in [-0.05, 0) is 32.8 Å². The Morgan fingerprint density at radius 3 is 2.57 bits per heavy atom. The number of carbonyl (C=O) groups excluding carboxylic acids is 3. The van der Waals surface area contributed by atoms with E-state index in [1.807, 2.05) is 13.8 Å². The average Bonchev–Trinajstić information content (AvgIpc) is 2.93. The highest BCUT2D eigenvalue weighted by Gasteiger charge is 2.26. The molecule has 0 aliphatic carbocycles. The summed E-state index contributed by atoms with van der Waals surface area (Å²) in [5.74, 6) is -0.933. The van der Waals surface area contributed by atoms with Crippen LogP contribution in [0.3, 0.4) is 0 Å². The average molecular weight is 321 g/mol. The quantitative estimate of drug-likeness (QED) is 0.773. The van der Waals surface area contributed by atoms with Crippen LogP contribution in [0.25, 0.3) is 0 Å². The molecule has 0 saturated carbocycles. The van der Waals surface area contributed by atoms with Crippen LogP contribution in [0.1, 0.15) is 35.9 Å². The number of aromatic nitrogens is 2. The second-order valence-corrected chi connectivity index (χ2v) is 5.73. The van der Waals surface area contributed by atoms with Crippen molar-refractivity contribution in [3.05, 3.63) is 17.5 Å². The van der Waals surface area contributed by atoms with Gasteiger partial charge in [-0.15, -0.1) is 0 Å². The minimum atomic E-state index is -0.312. The van der Waals surface area contributed by atoms with Gasteiger partial charge in [0.1, 0.15) is 5.69 Å². The predicted molar refractivity (Wildman–Crippen MR) is 83.5 cm³/mol. The smallest absolute Gasteiger partial charge is 0.269 e. The molecule has 3 N–H and O–H groups in total. The molecule has 0 spiro atoms. The lowest BCUT2D eigenvalue weighted by atomic mass is 9.96. The molecule has 1 aliphatic rings. The molecular formula is C15H23N5O3. The Balaban J connectivity index is 1.85. The number of nitrogens with one attached hydrogen (secondary N) is 1. The zero-order valence-corrected chi connectivity index (χ0v) is 13.5. The number of rotatable bonds is 5. The largest absolute Gasteiger partial charge is 0.369 e. The van der Waals surface area contributed by atoms with E-state index in [2.05, 4.69) is 10.4 Å². The monoisotopic (exact) mass is 321 g/mol. The second-order valence-electron chi connectivity index (χ2n) is 5.73. The summed E-state index contributed by atoms with van der Waals surface area (Å²) in [5, 5.41) is 6.84. The lowest BCUT2D eigenvalue weighted by molar-refractivity contribution is -0.133. The maximum Gasteiger partial charge on any atom is 0.269 e. The molecule has 2 rings (SSSR count). The molecule has 0 unspecified atom stereocenters. The first-order chi connectivity index (χ1) is 10.9. The van der Waals surface area contributed by atoms with E-state index in [-0.39, 0.29) is 30.2 Å². The summed E-state index contributed by atoms with van der Waals surface area (Å²) in [6.07, 6.45) is 1.16. The number of primary amides is 1. The third kappa shape index (κ3) is 4.08. The van der Waals surface area contributed by atoms with Crippen LogP contribution in [0.4, 0.5) is 0 Å². The Hall–Kier alpha value is -2.38. The van der Waals surface area contributed by atoms with E-state index in [0.29, 0.717) is 38.2 Å². The first-order valence-electron chi connectivity index (χ1n) is 7.82. The SMILES string of the molecule is CCn1nc(C)cc1C(=O)NCC(=O)N1CCC(C(N)=O)CC1. The molecule has 1 aromatic rings. The van der Waals surface area contributed by atoms with E-state index in [4.69, 9.17) is 5.73 Å². The van der Waals surface area contributed by atoms with Gasteiger partial charge in [-0.2, -0.15) is 5.10 Å². The molecule has 8 nitrogen and oxygen atoms in total. The molecule has 0 atom stereocenters. The third-order valence-electron chi connectivity index (χ3n) is 4.08. The molecule has 126 valence electrons. The number of nitrogens with zero attached hydrogens (tertiary/aromatic N) is 3. The summed E-state index contributed by atoms with van der Waals surface area (Å²) in [6, 6.07) is 1.70. The fraction of sp³-hybridized carbons (Fsp3) is 0.600. The Kier molecular flexibility index (Phi) is 5.36. The Labute approximate surface area is 135 Å². The minimum Gasteiger partial charge on any atom is -0.369 e. The van der Waals surface area contributed by atoms with Crippen molar-refractivity contribution in [2.75, 3.05) is 19.6 Å². The summed E-state index contributed by atoms with van der Waals surface area (Å²) < 4.78 is 1.60. The van der Waals surface area contributed by atoms with Gasteiger partial charge < -0.3 is 16.0 Å². The van der Waals surface area contributed by atoms with Gasteiger partial charge >= 0.3 is 0 Å². The highest BCUT2D eigenvalue weighted by Crippen LogP contribution is 2.16. The van der Waals surface area contributed by atoms with Crippen LogP contribution < -0.4 is 11.1 Å². The number of piperidine rings is 1. The lowest BCUT2D eigenvalue weighted by Crippen LogP contribution is -2.46. The predicted octanol–water partition coefficient (Wildman–Crippen LogP) is -0.335. The summed E-state index contributed by atoms with van der Waals surface area (Å²) in [6.45, 7) is 5.23. The topological polar surface area (TPSA) is 110 Å². The van der Waals surface area contributed by atoms with Gasteiger partial charge in [0.25, 0.3) is 5.91 Å². The van der Waals surface area contributed by atoms with Crippen molar-refractivity contribution < 1.29 is 14.4 Å². The molecule has 8 heteroatoms. The van der Waals surface area contributed by atoms with Crippen molar-refractivity contribution in [3.8, 4) is 0 Å². The first-order valence-corrected chi connectivity index (χ1v) is 7.82. The van der Waals surface area contributed by atoms with Gasteiger partial charge in [-0.3, -0.25) is 19.1 Å². The second kappa shape index (κ2) is 7.26. The van der Waals surface area contributed by atoms with Crippen LogP contribution in [0.15, 0.2) is 6.07 Å². The molecule has 3 amide bonds. The Bertz CT molecular complexity index is 602. The van der Waals surface area contributed by atoms with E-state index in [9.17, 15) is 14.4 Å². The molecule has 1 saturated heterocycles. The van der Waals surface area contributed by atoms with Crippen molar-refractivity contribution in [1.29, 1.82) is 0 Å². The molecule has 1 aliphatic heterocycles. The fourth-order valence-electron chi connectivity index (χ4n) is 2.74. The van der Waals surface area contributed by atoms with Gasteiger partial charge in [0.05, 0.1) is 12.2 Å². The highest BCUT2D eigenvalue weighted by molar-refractivity contribution is 5.95. The first kappa shape index (κ1) is 17.0. The number of hydrogen-bond acceptors (Lipinski definition) is 4. The van der Waals surface area contributed by atoms with Crippen LogP contribution >= 0.6 is 0 Å². The Morgan fingerprint density at radius 1 is 1.35 bits per heavy atom. The van der Waals surface area contributed by atoms with Gasteiger partial charge in [-0.25, -0.2) is 0 Å². The van der Waals surface area contributed by atoms with Crippen molar-refractivity contribution in [2.45, 2.75) is 33.2 Å². The molecule has 1 aromatic heterocycles. The number of aryl methyl sites for hydroxylation is 2. The van der Waals surface area contributed by atoms with Crippen LogP contribution in [0.2, 0.25) is 0 Å². The summed E-state index contributed by atoms with van der Waals surface area (Å²) in [5.41, 5.74) is 6.48. The normalized spacial score (nSPS) is 15.5. The van der Waals surface area contributed by atoms with Gasteiger partial charge in [-0.1, -0.05) is 0 Å². The maximum absolute atomic E-state index is 12.2. The number of hydrogen-bond donors (Lipinski definition) is 2. The van der Waals surface area contributed by atoms with Crippen LogP contribution in [-0.4, -0.2) is 52.0 Å². The zero-order valence-electron chi connectivity index (χ0n) is 13.5. The molecule has 0 aromatic carbocycles. The van der Waals surface area contributed by atoms with E-state index in [1.54, 1.807) is 15.6 Å². The number of carbonyl (C=O) groups is 3. The lowest BCUT2D eigenvalue weighted by Gasteiger charge is -2.30. The summed E-state index contributed by atoms with van der Waals surface area (Å²) in [4.78, 5) is 37.1. The fourth-order valence-corrected chi connectivity index (χ4v) is 2.74. The van der Waals surface area contributed by atoms with Crippen molar-refractivity contribution in [3.63, 3.8) is 0 Å². The minimum absolute atomic E-state index is 0.0615. The molecule has 23 heavy (non-hydrogen) atoms. The van der Waals surface area contributed by atoms with E-state index in [1.165, 1.54) is 0 Å². The zero-order chi connectivity index (χ0) is 17.0. The molecule has 2 heterocycles. The van der Waals surface area contributed by atoms with Gasteiger partial charge in [0, 0.05) is 25.6 Å². The standard InChI is InChI=1S/C15H23N5O3/c1-3-20-12(8-10(2)18-20)15(23)17-9-13(21)19-6-4-11(5-7-19)14(16)22/h8,11H,3-7,9H2,1-2H3,(H2,16,22)(H,17,23). The van der Waals surface area contributed by atoms with Crippen LogP contribution in [-0.2, 0) is 16.1 Å². The van der Waals surface area contributed by atoms with Gasteiger partial charge in [0.15, 0.2) is 0 Å². The van der Waals surface area contributed by atoms with Crippen molar-refractivity contribution in [1.82, 2.24) is 20.0 Å².